The Morgan fingerprint density at radius 1 is 1.22 bits per heavy atom. The summed E-state index contributed by atoms with van der Waals surface area (Å²) in [5.41, 5.74) is 0. The van der Waals surface area contributed by atoms with Crippen molar-refractivity contribution >= 4 is 54.5 Å². The van der Waals surface area contributed by atoms with E-state index in [9.17, 15) is 8.42 Å². The zero-order valence-electron chi connectivity index (χ0n) is 4.31. The lowest BCUT2D eigenvalue weighted by molar-refractivity contribution is 0.615. The molecule has 7 heteroatoms. The molecular formula is C2H4Cl4O2S. The molecule has 0 saturated carbocycles. The minimum Gasteiger partial charge on any atom is -0.213 e. The van der Waals surface area contributed by atoms with Crippen LogP contribution in [0.5, 0.6) is 0 Å². The molecule has 0 rings (SSSR count). The van der Waals surface area contributed by atoms with Gasteiger partial charge in [0.05, 0.1) is 6.26 Å². The van der Waals surface area contributed by atoms with Gasteiger partial charge in [-0.2, -0.15) is 0 Å². The number of hydrogen-bond acceptors (Lipinski definition) is 2. The Hall–Kier alpha value is 1.11. The van der Waals surface area contributed by atoms with Crippen LogP contribution in [0.15, 0.2) is 0 Å². The normalized spacial score (nSPS) is 10.4. The van der Waals surface area contributed by atoms with Crippen LogP contribution < -0.4 is 0 Å². The van der Waals surface area contributed by atoms with Crippen molar-refractivity contribution < 1.29 is 8.42 Å². The van der Waals surface area contributed by atoms with E-state index in [1.807, 2.05) is 0 Å². The van der Waals surface area contributed by atoms with Gasteiger partial charge in [-0.15, -0.1) is 0 Å². The van der Waals surface area contributed by atoms with E-state index in [0.717, 1.165) is 6.26 Å². The highest BCUT2D eigenvalue weighted by Crippen LogP contribution is 2.03. The average molecular weight is 234 g/mol. The fourth-order valence-corrected chi connectivity index (χ4v) is 0. The molecule has 0 aliphatic rings. The van der Waals surface area contributed by atoms with E-state index in [1.165, 1.54) is 0 Å². The second-order valence-corrected chi connectivity index (χ2v) is 5.95. The molecule has 0 spiro atoms. The summed E-state index contributed by atoms with van der Waals surface area (Å²) in [4.78, 5) is 0. The van der Waals surface area contributed by atoms with Gasteiger partial charge < -0.3 is 0 Å². The molecule has 0 saturated heterocycles. The summed E-state index contributed by atoms with van der Waals surface area (Å²) >= 11 is 14.4. The lowest BCUT2D eigenvalue weighted by atomic mass is 11.9. The molecule has 0 N–H and O–H groups in total. The van der Waals surface area contributed by atoms with Crippen molar-refractivity contribution in [2.45, 2.75) is 4.30 Å². The van der Waals surface area contributed by atoms with Gasteiger partial charge in [0, 0.05) is 10.7 Å². The quantitative estimate of drug-likeness (QED) is 0.475. The first-order valence-corrected chi connectivity index (χ1v) is 5.58. The Morgan fingerprint density at radius 2 is 1.22 bits per heavy atom. The summed E-state index contributed by atoms with van der Waals surface area (Å²) in [7, 11) is 1.31. The summed E-state index contributed by atoms with van der Waals surface area (Å²) in [6.07, 6.45) is 0.925. The van der Waals surface area contributed by atoms with Gasteiger partial charge in [-0.3, -0.25) is 0 Å². The Bertz CT molecular complexity index is 128. The highest BCUT2D eigenvalue weighted by Gasteiger charge is 1.83. The minimum atomic E-state index is -3.19. The van der Waals surface area contributed by atoms with Crippen molar-refractivity contribution in [2.24, 2.45) is 0 Å². The van der Waals surface area contributed by atoms with Gasteiger partial charge in [-0.1, -0.05) is 34.8 Å². The lowest BCUT2D eigenvalue weighted by Gasteiger charge is -1.69. The average Bonchev–Trinajstić information content (AvgIpc) is 1.19. The SMILES string of the molecule is CS(=O)(=O)Cl.ClC(Cl)Cl. The van der Waals surface area contributed by atoms with Crippen LogP contribution >= 0.6 is 45.5 Å². The standard InChI is InChI=1S/CHCl3.CH3ClO2S/c2-1(3)4;1-5(2,3)4/h1H;1H3. The van der Waals surface area contributed by atoms with Gasteiger partial charge >= 0.3 is 0 Å². The molecule has 0 aliphatic carbocycles. The molecule has 0 bridgehead atoms. The van der Waals surface area contributed by atoms with Crippen LogP contribution in [0.4, 0.5) is 0 Å². The van der Waals surface area contributed by atoms with E-state index < -0.39 is 13.3 Å². The first-order chi connectivity index (χ1) is 3.73. The predicted molar refractivity (Wildman–Crippen MR) is 42.0 cm³/mol. The van der Waals surface area contributed by atoms with Crippen molar-refractivity contribution in [1.82, 2.24) is 0 Å². The maximum absolute atomic E-state index is 9.40. The third-order valence-electron chi connectivity index (χ3n) is 0. The molecule has 0 aromatic rings. The van der Waals surface area contributed by atoms with E-state index >= 15 is 0 Å². The van der Waals surface area contributed by atoms with E-state index in [1.54, 1.807) is 0 Å². The molecule has 0 aliphatic heterocycles. The number of halogens is 4. The van der Waals surface area contributed by atoms with Gasteiger partial charge in [0.25, 0.3) is 0 Å². The first kappa shape index (κ1) is 12.8. The fraction of sp³-hybridized carbons (Fsp3) is 1.00. The zero-order chi connectivity index (χ0) is 8.08. The Kier molecular flexibility index (Phi) is 8.31. The van der Waals surface area contributed by atoms with Gasteiger partial charge in [0.1, 0.15) is 0 Å². The van der Waals surface area contributed by atoms with Crippen LogP contribution in [0, 0.1) is 0 Å². The summed E-state index contributed by atoms with van der Waals surface area (Å²) in [5, 5.41) is 0. The molecule has 0 aromatic carbocycles. The molecule has 0 unspecified atom stereocenters. The van der Waals surface area contributed by atoms with Crippen LogP contribution in [0.25, 0.3) is 0 Å². The van der Waals surface area contributed by atoms with Crippen LogP contribution in [0.2, 0.25) is 0 Å². The first-order valence-electron chi connectivity index (χ1n) is 1.55. The third-order valence-corrected chi connectivity index (χ3v) is 0. The molecule has 0 fully saturated rings. The van der Waals surface area contributed by atoms with Crippen LogP contribution in [0.1, 0.15) is 0 Å². The summed E-state index contributed by atoms with van der Waals surface area (Å²) in [6.45, 7) is 0. The molecule has 0 heterocycles. The monoisotopic (exact) mass is 232 g/mol. The van der Waals surface area contributed by atoms with Crippen molar-refractivity contribution in [2.75, 3.05) is 6.26 Å². The largest absolute Gasteiger partial charge is 0.229 e. The number of rotatable bonds is 0. The lowest BCUT2D eigenvalue weighted by Crippen LogP contribution is -1.76. The fourth-order valence-electron chi connectivity index (χ4n) is 0. The Labute approximate surface area is 73.5 Å². The highest BCUT2D eigenvalue weighted by molar-refractivity contribution is 8.13. The van der Waals surface area contributed by atoms with E-state index in [-0.39, 0.29) is 0 Å². The van der Waals surface area contributed by atoms with E-state index in [4.69, 9.17) is 34.8 Å². The molecule has 58 valence electrons. The zero-order valence-corrected chi connectivity index (χ0v) is 8.15. The summed E-state index contributed by atoms with van der Waals surface area (Å²) in [6, 6.07) is 0. The van der Waals surface area contributed by atoms with Crippen molar-refractivity contribution in [3.05, 3.63) is 0 Å². The molecular weight excluding hydrogens is 230 g/mol. The second kappa shape index (κ2) is 5.86. The molecule has 0 aromatic heterocycles. The summed E-state index contributed by atoms with van der Waals surface area (Å²) < 4.78 is 18.0. The maximum Gasteiger partial charge on any atom is 0.229 e. The summed E-state index contributed by atoms with van der Waals surface area (Å²) in [5.74, 6) is 0. The maximum atomic E-state index is 9.40. The van der Waals surface area contributed by atoms with E-state index in [0.29, 0.717) is 0 Å². The van der Waals surface area contributed by atoms with Gasteiger partial charge in [0.15, 0.2) is 4.30 Å². The number of hydrogen-bond donors (Lipinski definition) is 0. The molecule has 0 radical (unpaired) electrons. The molecule has 2 nitrogen and oxygen atoms in total. The van der Waals surface area contributed by atoms with Crippen LogP contribution in [-0.4, -0.2) is 19.0 Å². The van der Waals surface area contributed by atoms with Crippen LogP contribution in [0.3, 0.4) is 0 Å². The van der Waals surface area contributed by atoms with Crippen molar-refractivity contribution in [3.8, 4) is 0 Å². The van der Waals surface area contributed by atoms with Crippen LogP contribution in [-0.2, 0) is 9.05 Å². The minimum absolute atomic E-state index is 0.750. The van der Waals surface area contributed by atoms with E-state index in [2.05, 4.69) is 10.7 Å². The second-order valence-electron chi connectivity index (χ2n) is 0.929. The third kappa shape index (κ3) is 374. The van der Waals surface area contributed by atoms with Gasteiger partial charge in [-0.25, -0.2) is 8.42 Å². The van der Waals surface area contributed by atoms with Gasteiger partial charge in [0.2, 0.25) is 9.05 Å². The van der Waals surface area contributed by atoms with Crippen molar-refractivity contribution in [1.29, 1.82) is 0 Å². The smallest absolute Gasteiger partial charge is 0.213 e. The molecule has 0 atom stereocenters. The molecule has 9 heavy (non-hydrogen) atoms. The topological polar surface area (TPSA) is 34.1 Å². The highest BCUT2D eigenvalue weighted by atomic mass is 35.7. The van der Waals surface area contributed by atoms with Gasteiger partial charge in [-0.05, 0) is 0 Å². The predicted octanol–water partition coefficient (Wildman–Crippen LogP) is 2.17. The van der Waals surface area contributed by atoms with Crippen molar-refractivity contribution in [3.63, 3.8) is 0 Å². The Balaban J connectivity index is 0. The Morgan fingerprint density at radius 3 is 1.22 bits per heavy atom. The number of alkyl halides is 3. The molecule has 0 amide bonds.